The molecule has 6 nitrogen and oxygen atoms in total. The van der Waals surface area contributed by atoms with Crippen molar-refractivity contribution in [2.45, 2.75) is 32.4 Å². The number of nitrogens with zero attached hydrogens (tertiary/aromatic N) is 1. The number of carboxylic acids is 1. The number of carbonyl (C=O) groups excluding carboxylic acids is 2. The lowest BCUT2D eigenvalue weighted by atomic mass is 9.97. The van der Waals surface area contributed by atoms with Crippen LogP contribution in [0.4, 0.5) is 0 Å². The SMILES string of the molecule is COC(=O)C(=O)N(Cc1ccccc1)C(C)(C)CC(=O)O. The smallest absolute Gasteiger partial charge is 0.396 e. The first-order valence-corrected chi connectivity index (χ1v) is 6.43. The van der Waals surface area contributed by atoms with Gasteiger partial charge in [-0.3, -0.25) is 9.59 Å². The Kier molecular flexibility index (Phi) is 5.46. The molecule has 0 fully saturated rings. The maximum absolute atomic E-state index is 12.2. The topological polar surface area (TPSA) is 83.9 Å². The molecule has 1 rings (SSSR count). The van der Waals surface area contributed by atoms with Gasteiger partial charge in [-0.2, -0.15) is 0 Å². The Morgan fingerprint density at radius 2 is 1.76 bits per heavy atom. The molecule has 0 saturated heterocycles. The first-order valence-electron chi connectivity index (χ1n) is 6.43. The molecule has 1 amide bonds. The fourth-order valence-corrected chi connectivity index (χ4v) is 1.99. The van der Waals surface area contributed by atoms with Crippen LogP contribution in [0.3, 0.4) is 0 Å². The highest BCUT2D eigenvalue weighted by Gasteiger charge is 2.36. The van der Waals surface area contributed by atoms with E-state index in [2.05, 4.69) is 4.74 Å². The number of carboxylic acid groups (broad SMARTS) is 1. The molecule has 1 N–H and O–H groups in total. The number of hydrogen-bond donors (Lipinski definition) is 1. The fourth-order valence-electron chi connectivity index (χ4n) is 1.99. The number of methoxy groups -OCH3 is 1. The second-order valence-electron chi connectivity index (χ2n) is 5.25. The first-order chi connectivity index (χ1) is 9.77. The van der Waals surface area contributed by atoms with Crippen molar-refractivity contribution >= 4 is 17.8 Å². The molecule has 114 valence electrons. The number of ether oxygens (including phenoxy) is 1. The van der Waals surface area contributed by atoms with E-state index in [0.717, 1.165) is 12.7 Å². The molecule has 0 atom stereocenters. The molecule has 0 aliphatic heterocycles. The van der Waals surface area contributed by atoms with E-state index in [4.69, 9.17) is 5.11 Å². The normalized spacial score (nSPS) is 10.8. The molecule has 1 aromatic carbocycles. The Morgan fingerprint density at radius 3 is 2.24 bits per heavy atom. The predicted octanol–water partition coefficient (Wildman–Crippen LogP) is 1.44. The third kappa shape index (κ3) is 4.59. The summed E-state index contributed by atoms with van der Waals surface area (Å²) in [6, 6.07) is 9.04. The molecule has 0 saturated carbocycles. The lowest BCUT2D eigenvalue weighted by molar-refractivity contribution is -0.163. The molecule has 0 bridgehead atoms. The highest BCUT2D eigenvalue weighted by atomic mass is 16.5. The number of hydrogen-bond acceptors (Lipinski definition) is 4. The first kappa shape index (κ1) is 16.7. The van der Waals surface area contributed by atoms with Crippen LogP contribution in [0.15, 0.2) is 30.3 Å². The number of aliphatic carboxylic acids is 1. The number of rotatable bonds is 5. The van der Waals surface area contributed by atoms with E-state index in [0.29, 0.717) is 0 Å². The third-order valence-corrected chi connectivity index (χ3v) is 3.10. The molecule has 0 radical (unpaired) electrons. The monoisotopic (exact) mass is 293 g/mol. The molecular formula is C15H19NO5. The molecule has 1 aromatic rings. The van der Waals surface area contributed by atoms with Crippen LogP contribution in [0.2, 0.25) is 0 Å². The number of carbonyl (C=O) groups is 3. The predicted molar refractivity (Wildman–Crippen MR) is 75.3 cm³/mol. The standard InChI is InChI=1S/C15H19NO5/c1-15(2,9-12(17)18)16(13(19)14(20)21-3)10-11-7-5-4-6-8-11/h4-8H,9-10H2,1-3H3,(H,17,18). The largest absolute Gasteiger partial charge is 0.481 e. The van der Waals surface area contributed by atoms with Crippen molar-refractivity contribution < 1.29 is 24.2 Å². The minimum absolute atomic E-state index is 0.134. The van der Waals surface area contributed by atoms with Gasteiger partial charge in [0, 0.05) is 12.1 Å². The molecule has 21 heavy (non-hydrogen) atoms. The molecular weight excluding hydrogens is 274 g/mol. The van der Waals surface area contributed by atoms with Crippen LogP contribution in [0.1, 0.15) is 25.8 Å². The molecule has 0 aromatic heterocycles. The Morgan fingerprint density at radius 1 is 1.19 bits per heavy atom. The third-order valence-electron chi connectivity index (χ3n) is 3.10. The van der Waals surface area contributed by atoms with Crippen molar-refractivity contribution in [2.24, 2.45) is 0 Å². The van der Waals surface area contributed by atoms with Crippen LogP contribution in [0.5, 0.6) is 0 Å². The van der Waals surface area contributed by atoms with Crippen molar-refractivity contribution in [3.8, 4) is 0 Å². The molecule has 0 unspecified atom stereocenters. The van der Waals surface area contributed by atoms with Crippen molar-refractivity contribution in [3.63, 3.8) is 0 Å². The van der Waals surface area contributed by atoms with Crippen molar-refractivity contribution in [2.75, 3.05) is 7.11 Å². The summed E-state index contributed by atoms with van der Waals surface area (Å²) < 4.78 is 4.45. The van der Waals surface area contributed by atoms with Gasteiger partial charge in [-0.1, -0.05) is 30.3 Å². The van der Waals surface area contributed by atoms with Gasteiger partial charge in [-0.15, -0.1) is 0 Å². The van der Waals surface area contributed by atoms with Crippen LogP contribution in [-0.4, -0.2) is 40.5 Å². The van der Waals surface area contributed by atoms with Crippen LogP contribution < -0.4 is 0 Å². The summed E-state index contributed by atoms with van der Waals surface area (Å²) in [7, 11) is 1.12. The summed E-state index contributed by atoms with van der Waals surface area (Å²) in [6.45, 7) is 3.34. The molecule has 0 heterocycles. The fraction of sp³-hybridized carbons (Fsp3) is 0.400. The van der Waals surface area contributed by atoms with Gasteiger partial charge in [0.15, 0.2) is 0 Å². The summed E-state index contributed by atoms with van der Waals surface area (Å²) in [4.78, 5) is 35.9. The second kappa shape index (κ2) is 6.88. The average Bonchev–Trinajstić information content (AvgIpc) is 2.42. The molecule has 0 aliphatic rings. The van der Waals surface area contributed by atoms with Gasteiger partial charge in [0.1, 0.15) is 0 Å². The zero-order valence-electron chi connectivity index (χ0n) is 12.3. The Balaban J connectivity index is 3.07. The minimum Gasteiger partial charge on any atom is -0.481 e. The Labute approximate surface area is 123 Å². The highest BCUT2D eigenvalue weighted by molar-refractivity contribution is 6.32. The summed E-state index contributed by atoms with van der Waals surface area (Å²) in [6.07, 6.45) is -0.275. The van der Waals surface area contributed by atoms with Gasteiger partial charge in [-0.05, 0) is 19.4 Å². The summed E-state index contributed by atoms with van der Waals surface area (Å²) >= 11 is 0. The van der Waals surface area contributed by atoms with Crippen LogP contribution in [0, 0.1) is 0 Å². The maximum atomic E-state index is 12.2. The zero-order valence-corrected chi connectivity index (χ0v) is 12.3. The lowest BCUT2D eigenvalue weighted by Gasteiger charge is -2.36. The number of esters is 1. The van der Waals surface area contributed by atoms with E-state index in [1.54, 1.807) is 38.1 Å². The van der Waals surface area contributed by atoms with Gasteiger partial charge in [0.25, 0.3) is 0 Å². The summed E-state index contributed by atoms with van der Waals surface area (Å²) in [5, 5.41) is 8.99. The van der Waals surface area contributed by atoms with Gasteiger partial charge in [0.2, 0.25) is 0 Å². The van der Waals surface area contributed by atoms with Gasteiger partial charge >= 0.3 is 17.8 Å². The quantitative estimate of drug-likeness (QED) is 0.656. The van der Waals surface area contributed by atoms with E-state index in [1.807, 2.05) is 6.07 Å². The van der Waals surface area contributed by atoms with Crippen LogP contribution in [-0.2, 0) is 25.7 Å². The zero-order chi connectivity index (χ0) is 16.0. The van der Waals surface area contributed by atoms with Crippen LogP contribution in [0.25, 0.3) is 0 Å². The van der Waals surface area contributed by atoms with Gasteiger partial charge < -0.3 is 14.7 Å². The number of benzene rings is 1. The van der Waals surface area contributed by atoms with E-state index in [-0.39, 0.29) is 13.0 Å². The van der Waals surface area contributed by atoms with Crippen molar-refractivity contribution in [3.05, 3.63) is 35.9 Å². The Bertz CT molecular complexity index is 524. The molecule has 6 heteroatoms. The molecule has 0 aliphatic carbocycles. The van der Waals surface area contributed by atoms with E-state index in [9.17, 15) is 14.4 Å². The minimum atomic E-state index is -1.05. The maximum Gasteiger partial charge on any atom is 0.396 e. The van der Waals surface area contributed by atoms with E-state index < -0.39 is 23.4 Å². The van der Waals surface area contributed by atoms with Gasteiger partial charge in [-0.25, -0.2) is 4.79 Å². The van der Waals surface area contributed by atoms with E-state index in [1.165, 1.54) is 4.90 Å². The lowest BCUT2D eigenvalue weighted by Crippen LogP contribution is -2.51. The van der Waals surface area contributed by atoms with Crippen molar-refractivity contribution in [1.29, 1.82) is 0 Å². The van der Waals surface area contributed by atoms with E-state index >= 15 is 0 Å². The van der Waals surface area contributed by atoms with Crippen LogP contribution >= 0.6 is 0 Å². The van der Waals surface area contributed by atoms with Crippen molar-refractivity contribution in [1.82, 2.24) is 4.90 Å². The second-order valence-corrected chi connectivity index (χ2v) is 5.25. The summed E-state index contributed by atoms with van der Waals surface area (Å²) in [5.41, 5.74) is -0.222. The highest BCUT2D eigenvalue weighted by Crippen LogP contribution is 2.22. The van der Waals surface area contributed by atoms with Gasteiger partial charge in [0.05, 0.1) is 13.5 Å². The summed E-state index contributed by atoms with van der Waals surface area (Å²) in [5.74, 6) is -2.91. The molecule has 0 spiro atoms. The number of amides is 1. The Hall–Kier alpha value is -2.37. The average molecular weight is 293 g/mol.